The first-order valence-electron chi connectivity index (χ1n) is 6.66. The van der Waals surface area contributed by atoms with Crippen LogP contribution in [-0.4, -0.2) is 73.6 Å². The minimum Gasteiger partial charge on any atom is -0.394 e. The number of nitrogens with one attached hydrogen (secondary N) is 1. The van der Waals surface area contributed by atoms with Gasteiger partial charge in [-0.3, -0.25) is 4.79 Å². The third-order valence-corrected chi connectivity index (χ3v) is 4.08. The molecule has 0 saturated carbocycles. The smallest absolute Gasteiger partial charge is 0.268 e. The second kappa shape index (κ2) is 7.55. The summed E-state index contributed by atoms with van der Waals surface area (Å²) < 4.78 is 10.3. The molecular formula is C12H20N4O4S. The van der Waals surface area contributed by atoms with Gasteiger partial charge in [0.25, 0.3) is 5.91 Å². The van der Waals surface area contributed by atoms with Crippen molar-refractivity contribution in [1.29, 1.82) is 0 Å². The van der Waals surface area contributed by atoms with Crippen LogP contribution in [0.4, 0.5) is 10.9 Å². The van der Waals surface area contributed by atoms with E-state index in [1.807, 2.05) is 0 Å². The predicted octanol–water partition coefficient (Wildman–Crippen LogP) is -0.383. The van der Waals surface area contributed by atoms with Gasteiger partial charge in [-0.2, -0.15) is 0 Å². The third-order valence-electron chi connectivity index (χ3n) is 3.06. The average molecular weight is 316 g/mol. The molecule has 2 rings (SSSR count). The van der Waals surface area contributed by atoms with Gasteiger partial charge in [-0.1, -0.05) is 11.3 Å². The molecule has 0 spiro atoms. The van der Waals surface area contributed by atoms with E-state index >= 15 is 0 Å². The second-order valence-electron chi connectivity index (χ2n) is 4.58. The van der Waals surface area contributed by atoms with Crippen LogP contribution in [-0.2, 0) is 9.47 Å². The van der Waals surface area contributed by atoms with Gasteiger partial charge >= 0.3 is 0 Å². The van der Waals surface area contributed by atoms with Crippen LogP contribution >= 0.6 is 11.3 Å². The summed E-state index contributed by atoms with van der Waals surface area (Å²) in [5.41, 5.74) is 5.82. The van der Waals surface area contributed by atoms with Crippen molar-refractivity contribution in [3.63, 3.8) is 0 Å². The van der Waals surface area contributed by atoms with E-state index in [4.69, 9.17) is 20.3 Å². The zero-order chi connectivity index (χ0) is 15.2. The summed E-state index contributed by atoms with van der Waals surface area (Å²) in [5, 5.41) is 12.8. The van der Waals surface area contributed by atoms with Gasteiger partial charge in [0.05, 0.1) is 25.9 Å². The molecule has 9 heteroatoms. The van der Waals surface area contributed by atoms with Crippen LogP contribution in [0.25, 0.3) is 0 Å². The van der Waals surface area contributed by atoms with Gasteiger partial charge in [-0.25, -0.2) is 4.98 Å². The first kappa shape index (κ1) is 16.0. The molecule has 1 aliphatic heterocycles. The number of amides is 1. The number of aliphatic hydroxyl groups excluding tert-OH is 1. The lowest BCUT2D eigenvalue weighted by Gasteiger charge is -2.31. The highest BCUT2D eigenvalue weighted by Crippen LogP contribution is 2.26. The van der Waals surface area contributed by atoms with Crippen molar-refractivity contribution in [2.45, 2.75) is 6.10 Å². The van der Waals surface area contributed by atoms with Crippen molar-refractivity contribution in [3.05, 3.63) is 4.88 Å². The molecular weight excluding hydrogens is 296 g/mol. The molecule has 118 valence electrons. The number of nitrogens with two attached hydrogens (primary N) is 1. The number of carbonyl (C=O) groups excluding carboxylic acids is 1. The lowest BCUT2D eigenvalue weighted by molar-refractivity contribution is -0.0445. The fraction of sp³-hybridized carbons (Fsp3) is 0.667. The molecule has 1 unspecified atom stereocenters. The summed E-state index contributed by atoms with van der Waals surface area (Å²) in [6, 6.07) is 0. The predicted molar refractivity (Wildman–Crippen MR) is 79.6 cm³/mol. The maximum Gasteiger partial charge on any atom is 0.268 e. The number of rotatable bonds is 6. The van der Waals surface area contributed by atoms with Gasteiger partial charge < -0.3 is 30.5 Å². The Morgan fingerprint density at radius 3 is 3.24 bits per heavy atom. The molecule has 1 aliphatic rings. The number of thiazole rings is 1. The van der Waals surface area contributed by atoms with Gasteiger partial charge in [-0.05, 0) is 0 Å². The topological polar surface area (TPSA) is 110 Å². The van der Waals surface area contributed by atoms with Gasteiger partial charge in [-0.15, -0.1) is 0 Å². The van der Waals surface area contributed by atoms with E-state index in [-0.39, 0.29) is 24.4 Å². The molecule has 21 heavy (non-hydrogen) atoms. The summed E-state index contributed by atoms with van der Waals surface area (Å²) in [5.74, 6) is 0.0449. The SMILES string of the molecule is COCCNc1nc(N)c(C(=O)N2CCOC(CO)C2)s1. The molecule has 1 amide bonds. The number of nitrogens with zero attached hydrogens (tertiary/aromatic N) is 2. The maximum absolute atomic E-state index is 12.5. The number of aliphatic hydroxyl groups is 1. The molecule has 8 nitrogen and oxygen atoms in total. The van der Waals surface area contributed by atoms with E-state index in [0.29, 0.717) is 42.9 Å². The highest BCUT2D eigenvalue weighted by molar-refractivity contribution is 7.18. The highest BCUT2D eigenvalue weighted by atomic mass is 32.1. The van der Waals surface area contributed by atoms with E-state index in [1.165, 1.54) is 11.3 Å². The Labute approximate surface area is 126 Å². The van der Waals surface area contributed by atoms with E-state index in [0.717, 1.165) is 0 Å². The molecule has 1 saturated heterocycles. The lowest BCUT2D eigenvalue weighted by atomic mass is 10.2. The fourth-order valence-corrected chi connectivity index (χ4v) is 2.86. The number of anilines is 2. The number of nitrogen functional groups attached to an aromatic ring is 1. The van der Waals surface area contributed by atoms with Crippen molar-refractivity contribution in [3.8, 4) is 0 Å². The van der Waals surface area contributed by atoms with Gasteiger partial charge in [0.15, 0.2) is 5.13 Å². The number of carbonyl (C=O) groups is 1. The average Bonchev–Trinajstić information content (AvgIpc) is 2.88. The van der Waals surface area contributed by atoms with Crippen molar-refractivity contribution in [2.24, 2.45) is 0 Å². The third kappa shape index (κ3) is 4.03. The molecule has 4 N–H and O–H groups in total. The minimum atomic E-state index is -0.337. The zero-order valence-corrected chi connectivity index (χ0v) is 12.7. The fourth-order valence-electron chi connectivity index (χ4n) is 1.98. The number of methoxy groups -OCH3 is 1. The molecule has 1 aromatic heterocycles. The standard InChI is InChI=1S/C12H20N4O4S/c1-19-4-2-14-12-15-10(13)9(21-12)11(18)16-3-5-20-8(6-16)7-17/h8,17H,2-7,13H2,1H3,(H,14,15). The van der Waals surface area contributed by atoms with Crippen molar-refractivity contribution < 1.29 is 19.4 Å². The van der Waals surface area contributed by atoms with Crippen molar-refractivity contribution in [2.75, 3.05) is 57.6 Å². The maximum atomic E-state index is 12.5. The van der Waals surface area contributed by atoms with Crippen LogP contribution < -0.4 is 11.1 Å². The summed E-state index contributed by atoms with van der Waals surface area (Å²) in [4.78, 5) is 18.6. The van der Waals surface area contributed by atoms with E-state index < -0.39 is 0 Å². The quantitative estimate of drug-likeness (QED) is 0.613. The van der Waals surface area contributed by atoms with Crippen LogP contribution in [0.2, 0.25) is 0 Å². The molecule has 1 fully saturated rings. The Morgan fingerprint density at radius 2 is 2.52 bits per heavy atom. The van der Waals surface area contributed by atoms with Crippen LogP contribution in [0, 0.1) is 0 Å². The van der Waals surface area contributed by atoms with Crippen LogP contribution in [0.5, 0.6) is 0 Å². The molecule has 2 heterocycles. The van der Waals surface area contributed by atoms with E-state index in [9.17, 15) is 4.79 Å². The number of ether oxygens (including phenoxy) is 2. The normalized spacial score (nSPS) is 18.8. The van der Waals surface area contributed by atoms with E-state index in [1.54, 1.807) is 12.0 Å². The van der Waals surface area contributed by atoms with Gasteiger partial charge in [0.1, 0.15) is 10.7 Å². The Morgan fingerprint density at radius 1 is 1.71 bits per heavy atom. The first-order chi connectivity index (χ1) is 10.2. The molecule has 1 atom stereocenters. The number of hydrogen-bond acceptors (Lipinski definition) is 8. The second-order valence-corrected chi connectivity index (χ2v) is 5.58. The lowest BCUT2D eigenvalue weighted by Crippen LogP contribution is -2.46. The Hall–Kier alpha value is -1.42. The summed E-state index contributed by atoms with van der Waals surface area (Å²) in [6.07, 6.45) is -0.337. The zero-order valence-electron chi connectivity index (χ0n) is 11.9. The van der Waals surface area contributed by atoms with Crippen LogP contribution in [0.3, 0.4) is 0 Å². The summed E-state index contributed by atoms with van der Waals surface area (Å²) in [7, 11) is 1.61. The van der Waals surface area contributed by atoms with Crippen LogP contribution in [0.15, 0.2) is 0 Å². The molecule has 0 aromatic carbocycles. The monoisotopic (exact) mass is 316 g/mol. The van der Waals surface area contributed by atoms with Crippen LogP contribution in [0.1, 0.15) is 9.67 Å². The van der Waals surface area contributed by atoms with Gasteiger partial charge in [0, 0.05) is 26.7 Å². The molecule has 1 aromatic rings. The van der Waals surface area contributed by atoms with Gasteiger partial charge in [0.2, 0.25) is 0 Å². The number of morpholine rings is 1. The summed E-state index contributed by atoms with van der Waals surface area (Å²) >= 11 is 1.22. The largest absolute Gasteiger partial charge is 0.394 e. The highest BCUT2D eigenvalue weighted by Gasteiger charge is 2.27. The van der Waals surface area contributed by atoms with E-state index in [2.05, 4.69) is 10.3 Å². The Balaban J connectivity index is 2.01. The van der Waals surface area contributed by atoms with Crippen molar-refractivity contribution in [1.82, 2.24) is 9.88 Å². The molecule has 0 bridgehead atoms. The number of aromatic nitrogens is 1. The summed E-state index contributed by atoms with van der Waals surface area (Å²) in [6.45, 7) is 2.30. The minimum absolute atomic E-state index is 0.105. The Bertz CT molecular complexity index is 482. The molecule has 0 radical (unpaired) electrons. The Kier molecular flexibility index (Phi) is 5.74. The molecule has 0 aliphatic carbocycles. The number of hydrogen-bond donors (Lipinski definition) is 3. The van der Waals surface area contributed by atoms with Crippen molar-refractivity contribution >= 4 is 28.2 Å². The first-order valence-corrected chi connectivity index (χ1v) is 7.48.